The van der Waals surface area contributed by atoms with Crippen molar-refractivity contribution in [3.05, 3.63) is 22.7 Å². The Labute approximate surface area is 154 Å². The number of benzene rings is 1. The predicted molar refractivity (Wildman–Crippen MR) is 101 cm³/mol. The molecule has 0 radical (unpaired) electrons. The van der Waals surface area contributed by atoms with Crippen molar-refractivity contribution in [2.45, 2.75) is 30.7 Å². The molecule has 0 bridgehead atoms. The summed E-state index contributed by atoms with van der Waals surface area (Å²) >= 11 is 3.40. The molecule has 1 fully saturated rings. The summed E-state index contributed by atoms with van der Waals surface area (Å²) in [6.45, 7) is 4.16. The number of sulfonamides is 1. The van der Waals surface area contributed by atoms with Crippen LogP contribution in [0.2, 0.25) is 0 Å². The van der Waals surface area contributed by atoms with Gasteiger partial charge < -0.3 is 10.2 Å². The molecule has 0 aliphatic carbocycles. The quantitative estimate of drug-likeness (QED) is 0.760. The highest BCUT2D eigenvalue weighted by molar-refractivity contribution is 9.10. The molecular weight excluding hydrogens is 402 g/mol. The van der Waals surface area contributed by atoms with Crippen molar-refractivity contribution in [3.8, 4) is 0 Å². The molecule has 1 saturated heterocycles. The Morgan fingerprint density at radius 3 is 2.57 bits per heavy atom. The van der Waals surface area contributed by atoms with Crippen molar-refractivity contribution in [1.82, 2.24) is 9.62 Å². The van der Waals surface area contributed by atoms with Crippen LogP contribution in [0.25, 0.3) is 0 Å². The first kappa shape index (κ1) is 20.7. The fraction of sp³-hybridized carbons (Fsp3) is 0.600. The van der Waals surface area contributed by atoms with Gasteiger partial charge >= 0.3 is 0 Å². The summed E-state index contributed by atoms with van der Waals surface area (Å²) in [5.41, 5.74) is 0.878. The van der Waals surface area contributed by atoms with E-state index in [4.69, 9.17) is 0 Å². The molecule has 0 amide bonds. The van der Waals surface area contributed by atoms with Crippen molar-refractivity contribution >= 4 is 44.0 Å². The molecule has 1 aromatic rings. The maximum atomic E-state index is 13.2. The molecule has 2 rings (SSSR count). The summed E-state index contributed by atoms with van der Waals surface area (Å²) in [4.78, 5) is 2.26. The number of nitrogens with zero attached hydrogens (tertiary/aromatic N) is 2. The van der Waals surface area contributed by atoms with Gasteiger partial charge in [-0.3, -0.25) is 0 Å². The third-order valence-corrected chi connectivity index (χ3v) is 6.85. The van der Waals surface area contributed by atoms with E-state index < -0.39 is 10.0 Å². The van der Waals surface area contributed by atoms with Gasteiger partial charge in [-0.2, -0.15) is 4.31 Å². The molecule has 1 heterocycles. The van der Waals surface area contributed by atoms with Crippen LogP contribution >= 0.6 is 28.3 Å². The lowest BCUT2D eigenvalue weighted by molar-refractivity contribution is 0.335. The van der Waals surface area contributed by atoms with Crippen LogP contribution in [0.1, 0.15) is 19.8 Å². The number of nitrogens with one attached hydrogen (secondary N) is 1. The smallest absolute Gasteiger partial charge is 0.244 e. The van der Waals surface area contributed by atoms with E-state index in [2.05, 4.69) is 21.2 Å². The van der Waals surface area contributed by atoms with Crippen LogP contribution in [0.5, 0.6) is 0 Å². The number of anilines is 1. The zero-order valence-corrected chi connectivity index (χ0v) is 17.0. The van der Waals surface area contributed by atoms with E-state index >= 15 is 0 Å². The molecule has 1 atom stereocenters. The largest absolute Gasteiger partial charge is 0.378 e. The Balaban J connectivity index is 0.00000264. The first-order chi connectivity index (χ1) is 10.4. The van der Waals surface area contributed by atoms with E-state index in [1.54, 1.807) is 16.4 Å². The maximum absolute atomic E-state index is 13.2. The second kappa shape index (κ2) is 8.67. The molecule has 1 aliphatic rings. The molecule has 1 aliphatic heterocycles. The molecule has 1 unspecified atom stereocenters. The molecule has 8 heteroatoms. The Hall–Kier alpha value is -0.340. The van der Waals surface area contributed by atoms with Gasteiger partial charge in [0.2, 0.25) is 10.0 Å². The summed E-state index contributed by atoms with van der Waals surface area (Å²) in [5.74, 6) is 0. The zero-order valence-electron chi connectivity index (χ0n) is 13.8. The standard InChI is InChI=1S/C15H24BrN3O2S.ClH/c1-4-9-19(13-7-8-17-11-13)22(20,21)15-10-12(18(2)3)5-6-14(15)16;/h5-6,10,13,17H,4,7-9,11H2,1-3H3;1H. The zero-order chi connectivity index (χ0) is 16.3. The summed E-state index contributed by atoms with van der Waals surface area (Å²) < 4.78 is 28.6. The molecule has 0 aromatic heterocycles. The van der Waals surface area contributed by atoms with E-state index in [0.717, 1.165) is 31.6 Å². The minimum Gasteiger partial charge on any atom is -0.378 e. The number of hydrogen-bond acceptors (Lipinski definition) is 4. The first-order valence-electron chi connectivity index (χ1n) is 7.57. The predicted octanol–water partition coefficient (Wildman–Crippen LogP) is 2.70. The molecule has 1 N–H and O–H groups in total. The van der Waals surface area contributed by atoms with Crippen LogP contribution in [0, 0.1) is 0 Å². The fourth-order valence-corrected chi connectivity index (χ4v) is 5.39. The number of rotatable bonds is 6. The van der Waals surface area contributed by atoms with Gasteiger partial charge in [0.25, 0.3) is 0 Å². The van der Waals surface area contributed by atoms with E-state index in [9.17, 15) is 8.42 Å². The summed E-state index contributed by atoms with van der Waals surface area (Å²) in [6.07, 6.45) is 1.67. The van der Waals surface area contributed by atoms with Gasteiger partial charge in [-0.25, -0.2) is 8.42 Å². The van der Waals surface area contributed by atoms with Crippen molar-refractivity contribution in [1.29, 1.82) is 0 Å². The first-order valence-corrected chi connectivity index (χ1v) is 9.80. The van der Waals surface area contributed by atoms with Gasteiger partial charge in [0.15, 0.2) is 0 Å². The molecule has 0 spiro atoms. The minimum atomic E-state index is -3.51. The summed E-state index contributed by atoms with van der Waals surface area (Å²) in [7, 11) is 0.301. The Kier molecular flexibility index (Phi) is 7.80. The van der Waals surface area contributed by atoms with Crippen LogP contribution in [0.15, 0.2) is 27.6 Å². The van der Waals surface area contributed by atoms with Crippen LogP contribution in [-0.4, -0.2) is 52.5 Å². The highest BCUT2D eigenvalue weighted by Gasteiger charge is 2.33. The molecule has 23 heavy (non-hydrogen) atoms. The summed E-state index contributed by atoms with van der Waals surface area (Å²) in [6, 6.07) is 5.49. The maximum Gasteiger partial charge on any atom is 0.244 e. The van der Waals surface area contributed by atoms with E-state index in [1.807, 2.05) is 32.0 Å². The van der Waals surface area contributed by atoms with Gasteiger partial charge in [0.1, 0.15) is 0 Å². The van der Waals surface area contributed by atoms with Gasteiger partial charge in [-0.05, 0) is 53.5 Å². The lowest BCUT2D eigenvalue weighted by atomic mass is 10.2. The van der Waals surface area contributed by atoms with Crippen LogP contribution < -0.4 is 10.2 Å². The van der Waals surface area contributed by atoms with Crippen LogP contribution in [-0.2, 0) is 10.0 Å². The third-order valence-electron chi connectivity index (χ3n) is 3.90. The topological polar surface area (TPSA) is 52.7 Å². The molecule has 132 valence electrons. The van der Waals surface area contributed by atoms with Crippen molar-refractivity contribution < 1.29 is 8.42 Å². The Morgan fingerprint density at radius 1 is 1.35 bits per heavy atom. The SMILES string of the molecule is CCCN(C1CCNC1)S(=O)(=O)c1cc(N(C)C)ccc1Br.Cl. The van der Waals surface area contributed by atoms with Gasteiger partial charge in [-0.15, -0.1) is 12.4 Å². The molecule has 0 saturated carbocycles. The molecular formula is C15H25BrClN3O2S. The van der Waals surface area contributed by atoms with E-state index in [-0.39, 0.29) is 18.4 Å². The second-order valence-electron chi connectivity index (χ2n) is 5.77. The Bertz CT molecular complexity index is 619. The normalized spacial score (nSPS) is 18.0. The second-order valence-corrected chi connectivity index (χ2v) is 8.48. The van der Waals surface area contributed by atoms with Gasteiger partial charge in [-0.1, -0.05) is 6.92 Å². The average Bonchev–Trinajstić information content (AvgIpc) is 2.98. The number of halogens is 2. The highest BCUT2D eigenvalue weighted by Crippen LogP contribution is 2.30. The average molecular weight is 427 g/mol. The fourth-order valence-electron chi connectivity index (χ4n) is 2.70. The van der Waals surface area contributed by atoms with Crippen molar-refractivity contribution in [2.24, 2.45) is 0 Å². The van der Waals surface area contributed by atoms with Gasteiger partial charge in [0.05, 0.1) is 4.90 Å². The molecule has 1 aromatic carbocycles. The summed E-state index contributed by atoms with van der Waals surface area (Å²) in [5, 5.41) is 3.25. The van der Waals surface area contributed by atoms with E-state index in [1.165, 1.54) is 0 Å². The monoisotopic (exact) mass is 425 g/mol. The van der Waals surface area contributed by atoms with Crippen molar-refractivity contribution in [2.75, 3.05) is 38.6 Å². The third kappa shape index (κ3) is 4.60. The van der Waals surface area contributed by atoms with Crippen molar-refractivity contribution in [3.63, 3.8) is 0 Å². The van der Waals surface area contributed by atoms with E-state index in [0.29, 0.717) is 15.9 Å². The molecule has 5 nitrogen and oxygen atoms in total. The Morgan fingerprint density at radius 2 is 2.04 bits per heavy atom. The number of hydrogen-bond donors (Lipinski definition) is 1. The minimum absolute atomic E-state index is 0. The highest BCUT2D eigenvalue weighted by atomic mass is 79.9. The van der Waals surface area contributed by atoms with Crippen LogP contribution in [0.4, 0.5) is 5.69 Å². The van der Waals surface area contributed by atoms with Gasteiger partial charge in [0, 0.05) is 43.4 Å². The van der Waals surface area contributed by atoms with Crippen LogP contribution in [0.3, 0.4) is 0 Å². The lowest BCUT2D eigenvalue weighted by Gasteiger charge is -2.28. The lowest BCUT2D eigenvalue weighted by Crippen LogP contribution is -2.42.